The molecule has 0 N–H and O–H groups in total. The van der Waals surface area contributed by atoms with Crippen LogP contribution < -0.4 is 0 Å². The summed E-state index contributed by atoms with van der Waals surface area (Å²) in [6.07, 6.45) is 5.00. The van der Waals surface area contributed by atoms with E-state index in [1.54, 1.807) is 6.92 Å². The SMILES string of the molecule is CCCC(CCCC(=O)OC(C)(C)C)CC(C)=O. The predicted molar refractivity (Wildman–Crippen MR) is 73.4 cm³/mol. The van der Waals surface area contributed by atoms with E-state index in [0.29, 0.717) is 18.8 Å². The Morgan fingerprint density at radius 3 is 2.22 bits per heavy atom. The molecule has 0 aromatic rings. The molecule has 3 nitrogen and oxygen atoms in total. The summed E-state index contributed by atoms with van der Waals surface area (Å²) in [5.41, 5.74) is -0.403. The van der Waals surface area contributed by atoms with E-state index in [0.717, 1.165) is 25.7 Å². The van der Waals surface area contributed by atoms with Crippen molar-refractivity contribution in [2.45, 2.75) is 78.7 Å². The van der Waals surface area contributed by atoms with Gasteiger partial charge in [-0.05, 0) is 46.5 Å². The zero-order valence-electron chi connectivity index (χ0n) is 12.5. The van der Waals surface area contributed by atoms with Crippen LogP contribution in [-0.4, -0.2) is 17.4 Å². The number of ether oxygens (including phenoxy) is 1. The summed E-state index contributed by atoms with van der Waals surface area (Å²) in [7, 11) is 0. The second-order valence-corrected chi connectivity index (χ2v) is 6.04. The van der Waals surface area contributed by atoms with Gasteiger partial charge in [-0.15, -0.1) is 0 Å². The van der Waals surface area contributed by atoms with Gasteiger partial charge in [-0.25, -0.2) is 0 Å². The first-order chi connectivity index (χ1) is 8.24. The molecule has 106 valence electrons. The summed E-state index contributed by atoms with van der Waals surface area (Å²) in [6.45, 7) is 9.39. The lowest BCUT2D eigenvalue weighted by Gasteiger charge is -2.20. The summed E-state index contributed by atoms with van der Waals surface area (Å²) < 4.78 is 5.25. The molecule has 0 rings (SSSR count). The topological polar surface area (TPSA) is 43.4 Å². The summed E-state index contributed by atoms with van der Waals surface area (Å²) in [4.78, 5) is 22.7. The molecule has 0 fully saturated rings. The van der Waals surface area contributed by atoms with E-state index in [2.05, 4.69) is 6.92 Å². The smallest absolute Gasteiger partial charge is 0.306 e. The van der Waals surface area contributed by atoms with Crippen molar-refractivity contribution in [3.63, 3.8) is 0 Å². The highest BCUT2D eigenvalue weighted by molar-refractivity contribution is 5.75. The summed E-state index contributed by atoms with van der Waals surface area (Å²) >= 11 is 0. The number of rotatable bonds is 8. The van der Waals surface area contributed by atoms with Gasteiger partial charge < -0.3 is 9.53 Å². The van der Waals surface area contributed by atoms with E-state index in [4.69, 9.17) is 4.74 Å². The average Bonchev–Trinajstić information content (AvgIpc) is 2.13. The lowest BCUT2D eigenvalue weighted by molar-refractivity contribution is -0.154. The lowest BCUT2D eigenvalue weighted by Crippen LogP contribution is -2.23. The van der Waals surface area contributed by atoms with Crippen molar-refractivity contribution in [2.24, 2.45) is 5.92 Å². The molecule has 0 aliphatic heterocycles. The van der Waals surface area contributed by atoms with E-state index in [1.807, 2.05) is 20.8 Å². The fourth-order valence-corrected chi connectivity index (χ4v) is 2.09. The Morgan fingerprint density at radius 1 is 1.17 bits per heavy atom. The van der Waals surface area contributed by atoms with Crippen molar-refractivity contribution in [1.82, 2.24) is 0 Å². The predicted octanol–water partition coefficient (Wildman–Crippen LogP) is 3.89. The van der Waals surface area contributed by atoms with Crippen LogP contribution in [0.1, 0.15) is 73.1 Å². The van der Waals surface area contributed by atoms with Crippen molar-refractivity contribution in [1.29, 1.82) is 0 Å². The van der Waals surface area contributed by atoms with Crippen LogP contribution in [0, 0.1) is 5.92 Å². The second kappa shape index (κ2) is 8.28. The van der Waals surface area contributed by atoms with E-state index in [1.165, 1.54) is 0 Å². The molecule has 0 amide bonds. The molecule has 0 saturated heterocycles. The van der Waals surface area contributed by atoms with Crippen molar-refractivity contribution < 1.29 is 14.3 Å². The van der Waals surface area contributed by atoms with Crippen LogP contribution in [0.5, 0.6) is 0 Å². The van der Waals surface area contributed by atoms with Crippen LogP contribution in [0.4, 0.5) is 0 Å². The molecule has 3 heteroatoms. The van der Waals surface area contributed by atoms with Crippen LogP contribution in [0.2, 0.25) is 0 Å². The number of hydrogen-bond acceptors (Lipinski definition) is 3. The molecule has 18 heavy (non-hydrogen) atoms. The molecule has 0 aliphatic rings. The molecule has 0 saturated carbocycles. The zero-order chi connectivity index (χ0) is 14.2. The third-order valence-electron chi connectivity index (χ3n) is 2.69. The highest BCUT2D eigenvalue weighted by Crippen LogP contribution is 2.20. The largest absolute Gasteiger partial charge is 0.460 e. The van der Waals surface area contributed by atoms with E-state index < -0.39 is 5.60 Å². The Balaban J connectivity index is 3.91. The standard InChI is InChI=1S/C15H28O3/c1-6-8-13(11-12(2)16)9-7-10-14(17)18-15(3,4)5/h13H,6-11H2,1-5H3. The summed E-state index contributed by atoms with van der Waals surface area (Å²) in [6, 6.07) is 0. The molecular weight excluding hydrogens is 228 g/mol. The van der Waals surface area contributed by atoms with Crippen molar-refractivity contribution in [2.75, 3.05) is 0 Å². The molecular formula is C15H28O3. The number of esters is 1. The third kappa shape index (κ3) is 10.3. The Labute approximate surface area is 111 Å². The van der Waals surface area contributed by atoms with Crippen LogP contribution in [-0.2, 0) is 14.3 Å². The van der Waals surface area contributed by atoms with Gasteiger partial charge in [0.05, 0.1) is 0 Å². The second-order valence-electron chi connectivity index (χ2n) is 6.04. The van der Waals surface area contributed by atoms with Gasteiger partial charge in [0.25, 0.3) is 0 Å². The summed E-state index contributed by atoms with van der Waals surface area (Å²) in [5.74, 6) is 0.529. The van der Waals surface area contributed by atoms with E-state index >= 15 is 0 Å². The third-order valence-corrected chi connectivity index (χ3v) is 2.69. The van der Waals surface area contributed by atoms with Gasteiger partial charge in [-0.3, -0.25) is 4.79 Å². The monoisotopic (exact) mass is 256 g/mol. The number of carbonyl (C=O) groups excluding carboxylic acids is 2. The fourth-order valence-electron chi connectivity index (χ4n) is 2.09. The Morgan fingerprint density at radius 2 is 1.78 bits per heavy atom. The maximum absolute atomic E-state index is 11.5. The summed E-state index contributed by atoms with van der Waals surface area (Å²) in [5, 5.41) is 0. The fraction of sp³-hybridized carbons (Fsp3) is 0.867. The molecule has 0 aliphatic carbocycles. The maximum Gasteiger partial charge on any atom is 0.306 e. The van der Waals surface area contributed by atoms with Gasteiger partial charge in [0, 0.05) is 12.8 Å². The van der Waals surface area contributed by atoms with Gasteiger partial charge >= 0.3 is 5.97 Å². The van der Waals surface area contributed by atoms with Gasteiger partial charge in [-0.2, -0.15) is 0 Å². The Hall–Kier alpha value is -0.860. The molecule has 1 unspecified atom stereocenters. The molecule has 0 heterocycles. The normalized spacial score (nSPS) is 13.2. The average molecular weight is 256 g/mol. The van der Waals surface area contributed by atoms with Crippen LogP contribution in [0.3, 0.4) is 0 Å². The first kappa shape index (κ1) is 17.1. The van der Waals surface area contributed by atoms with Crippen LogP contribution in [0.25, 0.3) is 0 Å². The van der Waals surface area contributed by atoms with E-state index in [-0.39, 0.29) is 11.8 Å². The minimum absolute atomic E-state index is 0.138. The van der Waals surface area contributed by atoms with Crippen molar-refractivity contribution in [3.05, 3.63) is 0 Å². The van der Waals surface area contributed by atoms with Gasteiger partial charge in [0.2, 0.25) is 0 Å². The highest BCUT2D eigenvalue weighted by Gasteiger charge is 2.17. The zero-order valence-corrected chi connectivity index (χ0v) is 12.5. The molecule has 0 aromatic heterocycles. The van der Waals surface area contributed by atoms with Gasteiger partial charge in [0.1, 0.15) is 11.4 Å². The first-order valence-electron chi connectivity index (χ1n) is 6.96. The Bertz CT molecular complexity index is 263. The number of carbonyl (C=O) groups is 2. The molecule has 0 spiro atoms. The number of Topliss-reactive ketones (excluding diaryl/α,β-unsaturated/α-hetero) is 1. The minimum atomic E-state index is -0.403. The molecule has 0 radical (unpaired) electrons. The minimum Gasteiger partial charge on any atom is -0.460 e. The molecule has 1 atom stereocenters. The molecule has 0 aromatic carbocycles. The first-order valence-corrected chi connectivity index (χ1v) is 6.96. The quantitative estimate of drug-likeness (QED) is 0.619. The van der Waals surface area contributed by atoms with Crippen molar-refractivity contribution in [3.8, 4) is 0 Å². The van der Waals surface area contributed by atoms with Crippen LogP contribution >= 0.6 is 0 Å². The van der Waals surface area contributed by atoms with Gasteiger partial charge in [0.15, 0.2) is 0 Å². The molecule has 0 bridgehead atoms. The van der Waals surface area contributed by atoms with Gasteiger partial charge in [-0.1, -0.05) is 19.8 Å². The van der Waals surface area contributed by atoms with E-state index in [9.17, 15) is 9.59 Å². The number of ketones is 1. The van der Waals surface area contributed by atoms with Crippen molar-refractivity contribution >= 4 is 11.8 Å². The number of hydrogen-bond donors (Lipinski definition) is 0. The highest BCUT2D eigenvalue weighted by atomic mass is 16.6. The Kier molecular flexibility index (Phi) is 7.88. The lowest BCUT2D eigenvalue weighted by atomic mass is 9.92. The maximum atomic E-state index is 11.5. The van der Waals surface area contributed by atoms with Crippen LogP contribution in [0.15, 0.2) is 0 Å².